The van der Waals surface area contributed by atoms with Gasteiger partial charge in [-0.15, -0.1) is 0 Å². The molecule has 1 heterocycles. The van der Waals surface area contributed by atoms with Crippen molar-refractivity contribution < 1.29 is 23.1 Å². The molecule has 0 bridgehead atoms. The van der Waals surface area contributed by atoms with Gasteiger partial charge in [-0.1, -0.05) is 30.9 Å². The van der Waals surface area contributed by atoms with Crippen LogP contribution in [0.2, 0.25) is 5.02 Å². The van der Waals surface area contributed by atoms with E-state index in [0.717, 1.165) is 25.3 Å². The number of alkyl halides is 3. The van der Waals surface area contributed by atoms with Crippen LogP contribution in [0.4, 0.5) is 19.0 Å². The first-order valence-electron chi connectivity index (χ1n) is 6.49. The summed E-state index contributed by atoms with van der Waals surface area (Å²) in [6.07, 6.45) is -0.709. The molecular weight excluding hydrogens is 309 g/mol. The van der Waals surface area contributed by atoms with Crippen LogP contribution in [-0.2, 0) is 11.0 Å². The second-order valence-electron chi connectivity index (χ2n) is 5.13. The van der Waals surface area contributed by atoms with Gasteiger partial charge < -0.3 is 10.4 Å². The normalized spacial score (nSPS) is 18.3. The molecule has 1 fully saturated rings. The third kappa shape index (κ3) is 3.40. The average Bonchev–Trinajstić information content (AvgIpc) is 2.41. The fourth-order valence-corrected chi connectivity index (χ4v) is 2.67. The molecule has 1 aliphatic rings. The van der Waals surface area contributed by atoms with Crippen LogP contribution in [0, 0.1) is 0 Å². The number of nitrogens with one attached hydrogen (secondary N) is 1. The molecule has 116 valence electrons. The summed E-state index contributed by atoms with van der Waals surface area (Å²) in [6, 6.07) is 0.745. The highest BCUT2D eigenvalue weighted by molar-refractivity contribution is 6.33. The highest BCUT2D eigenvalue weighted by Gasteiger charge is 2.40. The molecule has 1 aliphatic carbocycles. The first kappa shape index (κ1) is 15.9. The molecule has 0 saturated heterocycles. The monoisotopic (exact) mass is 322 g/mol. The molecule has 8 heteroatoms. The Labute approximate surface area is 124 Å². The molecule has 0 aliphatic heterocycles. The first-order chi connectivity index (χ1) is 9.74. The van der Waals surface area contributed by atoms with E-state index in [1.807, 2.05) is 0 Å². The summed E-state index contributed by atoms with van der Waals surface area (Å²) in [5, 5.41) is 11.9. The number of carboxylic acids is 1. The van der Waals surface area contributed by atoms with E-state index in [2.05, 4.69) is 10.3 Å². The van der Waals surface area contributed by atoms with E-state index >= 15 is 0 Å². The summed E-state index contributed by atoms with van der Waals surface area (Å²) in [6.45, 7) is 0. The quantitative estimate of drug-likeness (QED) is 0.884. The number of rotatable bonds is 3. The summed E-state index contributed by atoms with van der Waals surface area (Å²) >= 11 is 5.80. The summed E-state index contributed by atoms with van der Waals surface area (Å²) in [5.41, 5.74) is -2.18. The van der Waals surface area contributed by atoms with Crippen molar-refractivity contribution in [1.29, 1.82) is 0 Å². The molecule has 0 atom stereocenters. The fraction of sp³-hybridized carbons (Fsp3) is 0.538. The predicted octanol–water partition coefficient (Wildman–Crippen LogP) is 3.95. The van der Waals surface area contributed by atoms with Gasteiger partial charge in [0.1, 0.15) is 11.4 Å². The second-order valence-corrected chi connectivity index (χ2v) is 5.53. The summed E-state index contributed by atoms with van der Waals surface area (Å²) < 4.78 is 37.6. The Balaban J connectivity index is 2.28. The van der Waals surface area contributed by atoms with Crippen LogP contribution >= 0.6 is 11.6 Å². The largest absolute Gasteiger partial charge is 0.480 e. The second kappa shape index (κ2) is 5.71. The number of pyridine rings is 1. The Bertz CT molecular complexity index is 543. The Hall–Kier alpha value is -1.50. The van der Waals surface area contributed by atoms with Crippen molar-refractivity contribution in [1.82, 2.24) is 4.98 Å². The van der Waals surface area contributed by atoms with Crippen molar-refractivity contribution in [3.8, 4) is 0 Å². The number of anilines is 1. The summed E-state index contributed by atoms with van der Waals surface area (Å²) in [7, 11) is 0. The van der Waals surface area contributed by atoms with E-state index < -0.39 is 23.2 Å². The van der Waals surface area contributed by atoms with E-state index in [9.17, 15) is 23.1 Å². The lowest BCUT2D eigenvalue weighted by molar-refractivity contribution is -0.143. The molecular formula is C13H14ClF3N2O2. The number of hydrogen-bond donors (Lipinski definition) is 2. The number of halogens is 4. The maximum absolute atomic E-state index is 12.5. The molecule has 1 aromatic heterocycles. The van der Waals surface area contributed by atoms with Gasteiger partial charge in [-0.2, -0.15) is 13.2 Å². The SMILES string of the molecule is O=C(O)C1(Nc2ncc(C(F)(F)F)cc2Cl)CCCCC1. The highest BCUT2D eigenvalue weighted by Crippen LogP contribution is 2.36. The number of aromatic nitrogens is 1. The van der Waals surface area contributed by atoms with Crippen LogP contribution in [0.25, 0.3) is 0 Å². The van der Waals surface area contributed by atoms with Crippen molar-refractivity contribution in [3.05, 3.63) is 22.8 Å². The Morgan fingerprint density at radius 3 is 2.43 bits per heavy atom. The lowest BCUT2D eigenvalue weighted by Crippen LogP contribution is -2.48. The van der Waals surface area contributed by atoms with E-state index in [1.165, 1.54) is 0 Å². The highest BCUT2D eigenvalue weighted by atomic mass is 35.5. The molecule has 2 rings (SSSR count). The minimum absolute atomic E-state index is 0.0334. The van der Waals surface area contributed by atoms with Crippen molar-refractivity contribution >= 4 is 23.4 Å². The lowest BCUT2D eigenvalue weighted by atomic mass is 9.81. The predicted molar refractivity (Wildman–Crippen MR) is 71.3 cm³/mol. The molecule has 2 N–H and O–H groups in total. The number of carboxylic acid groups (broad SMARTS) is 1. The van der Waals surface area contributed by atoms with E-state index in [1.54, 1.807) is 0 Å². The van der Waals surface area contributed by atoms with Crippen molar-refractivity contribution in [3.63, 3.8) is 0 Å². The third-order valence-corrected chi connectivity index (χ3v) is 3.93. The molecule has 0 amide bonds. The topological polar surface area (TPSA) is 62.2 Å². The Morgan fingerprint density at radius 2 is 1.95 bits per heavy atom. The minimum Gasteiger partial charge on any atom is -0.480 e. The van der Waals surface area contributed by atoms with Gasteiger partial charge >= 0.3 is 12.1 Å². The number of nitrogens with zero attached hydrogens (tertiary/aromatic N) is 1. The molecule has 0 aromatic carbocycles. The van der Waals surface area contributed by atoms with E-state index in [4.69, 9.17) is 11.6 Å². The van der Waals surface area contributed by atoms with Gasteiger partial charge in [0.15, 0.2) is 0 Å². The zero-order chi connectivity index (χ0) is 15.7. The van der Waals surface area contributed by atoms with Crippen LogP contribution in [0.3, 0.4) is 0 Å². The molecule has 0 unspecified atom stereocenters. The number of aliphatic carboxylic acids is 1. The average molecular weight is 323 g/mol. The summed E-state index contributed by atoms with van der Waals surface area (Å²) in [4.78, 5) is 15.1. The van der Waals surface area contributed by atoms with Gasteiger partial charge in [-0.3, -0.25) is 0 Å². The van der Waals surface area contributed by atoms with Crippen molar-refractivity contribution in [2.45, 2.75) is 43.8 Å². The lowest BCUT2D eigenvalue weighted by Gasteiger charge is -2.34. The Kier molecular flexibility index (Phi) is 4.32. The Morgan fingerprint density at radius 1 is 1.33 bits per heavy atom. The maximum atomic E-state index is 12.5. The van der Waals surface area contributed by atoms with Gasteiger partial charge in [0, 0.05) is 6.20 Å². The first-order valence-corrected chi connectivity index (χ1v) is 6.87. The van der Waals surface area contributed by atoms with Gasteiger partial charge in [-0.25, -0.2) is 9.78 Å². The van der Waals surface area contributed by atoms with Gasteiger partial charge in [0.25, 0.3) is 0 Å². The zero-order valence-electron chi connectivity index (χ0n) is 11.0. The fourth-order valence-electron chi connectivity index (χ4n) is 2.46. The molecule has 1 saturated carbocycles. The van der Waals surface area contributed by atoms with Crippen molar-refractivity contribution in [2.75, 3.05) is 5.32 Å². The number of carbonyl (C=O) groups is 1. The van der Waals surface area contributed by atoms with Gasteiger partial charge in [0.2, 0.25) is 0 Å². The maximum Gasteiger partial charge on any atom is 0.417 e. The van der Waals surface area contributed by atoms with Crippen LogP contribution in [0.5, 0.6) is 0 Å². The van der Waals surface area contributed by atoms with Crippen molar-refractivity contribution in [2.24, 2.45) is 0 Å². The molecule has 4 nitrogen and oxygen atoms in total. The number of hydrogen-bond acceptors (Lipinski definition) is 3. The third-order valence-electron chi connectivity index (χ3n) is 3.64. The summed E-state index contributed by atoms with van der Waals surface area (Å²) in [5.74, 6) is -1.08. The van der Waals surface area contributed by atoms with Crippen LogP contribution in [0.15, 0.2) is 12.3 Å². The van der Waals surface area contributed by atoms with Crippen LogP contribution in [-0.4, -0.2) is 21.6 Å². The zero-order valence-corrected chi connectivity index (χ0v) is 11.8. The molecule has 21 heavy (non-hydrogen) atoms. The van der Waals surface area contributed by atoms with E-state index in [0.29, 0.717) is 19.0 Å². The molecule has 0 spiro atoms. The van der Waals surface area contributed by atoms with Crippen LogP contribution in [0.1, 0.15) is 37.7 Å². The van der Waals surface area contributed by atoms with Gasteiger partial charge in [0.05, 0.1) is 10.6 Å². The minimum atomic E-state index is -4.54. The standard InChI is InChI=1S/C13H14ClF3N2O2/c14-9-6-8(13(15,16)17)7-18-10(9)19-12(11(20)21)4-2-1-3-5-12/h6-7H,1-5H2,(H,18,19)(H,20,21). The van der Waals surface area contributed by atoms with E-state index in [-0.39, 0.29) is 10.8 Å². The molecule has 1 aromatic rings. The molecule has 0 radical (unpaired) electrons. The smallest absolute Gasteiger partial charge is 0.417 e. The van der Waals surface area contributed by atoms with Crippen LogP contribution < -0.4 is 5.32 Å². The van der Waals surface area contributed by atoms with Gasteiger partial charge in [-0.05, 0) is 18.9 Å².